The molecular formula is C18H21ClN2O4S. The van der Waals surface area contributed by atoms with Crippen molar-refractivity contribution in [3.8, 4) is 11.5 Å². The Morgan fingerprint density at radius 2 is 1.92 bits per heavy atom. The van der Waals surface area contributed by atoms with Gasteiger partial charge in [-0.05, 0) is 61.7 Å². The van der Waals surface area contributed by atoms with Crippen LogP contribution in [0.2, 0.25) is 5.02 Å². The fourth-order valence-corrected chi connectivity index (χ4v) is 3.35. The topological polar surface area (TPSA) is 77.0 Å². The first-order valence-corrected chi connectivity index (χ1v) is 9.77. The third-order valence-electron chi connectivity index (χ3n) is 3.72. The van der Waals surface area contributed by atoms with E-state index in [1.165, 1.54) is 19.4 Å². The second kappa shape index (κ2) is 8.42. The van der Waals surface area contributed by atoms with Crippen LogP contribution in [0.5, 0.6) is 11.5 Å². The summed E-state index contributed by atoms with van der Waals surface area (Å²) in [6, 6.07) is 8.17. The first-order chi connectivity index (χ1) is 12.3. The standard InChI is InChI=1S/C18H21ClN2O4S/c1-5-25-18-16(19)9-14(10-17(18)24-4)11-20-21-26(22,23)15-7-6-12(2)13(3)8-15/h6-11,21H,5H2,1-4H3/b20-11+. The molecule has 0 fully saturated rings. The highest BCUT2D eigenvalue weighted by molar-refractivity contribution is 7.89. The molecule has 140 valence electrons. The molecule has 2 aromatic carbocycles. The van der Waals surface area contributed by atoms with Gasteiger partial charge in [-0.3, -0.25) is 0 Å². The molecule has 8 heteroatoms. The van der Waals surface area contributed by atoms with Gasteiger partial charge in [0.15, 0.2) is 11.5 Å². The van der Waals surface area contributed by atoms with Crippen molar-refractivity contribution in [1.29, 1.82) is 0 Å². The number of sulfonamides is 1. The Bertz CT molecular complexity index is 927. The first-order valence-electron chi connectivity index (χ1n) is 7.91. The monoisotopic (exact) mass is 396 g/mol. The summed E-state index contributed by atoms with van der Waals surface area (Å²) in [6.45, 7) is 6.05. The Morgan fingerprint density at radius 1 is 1.19 bits per heavy atom. The molecule has 26 heavy (non-hydrogen) atoms. The molecule has 0 atom stereocenters. The van der Waals surface area contributed by atoms with E-state index in [0.717, 1.165) is 11.1 Å². The third kappa shape index (κ3) is 4.68. The summed E-state index contributed by atoms with van der Waals surface area (Å²) in [4.78, 5) is 2.35. The van der Waals surface area contributed by atoms with Crippen molar-refractivity contribution >= 4 is 27.8 Å². The lowest BCUT2D eigenvalue weighted by molar-refractivity contribution is 0.311. The molecular weight excluding hydrogens is 376 g/mol. The molecule has 0 bridgehead atoms. The number of ether oxygens (including phenoxy) is 2. The van der Waals surface area contributed by atoms with E-state index in [2.05, 4.69) is 9.93 Å². The van der Waals surface area contributed by atoms with Gasteiger partial charge < -0.3 is 9.47 Å². The van der Waals surface area contributed by atoms with Crippen molar-refractivity contribution in [2.75, 3.05) is 13.7 Å². The van der Waals surface area contributed by atoms with Gasteiger partial charge in [-0.1, -0.05) is 17.7 Å². The molecule has 0 saturated heterocycles. The van der Waals surface area contributed by atoms with Gasteiger partial charge in [0.05, 0.1) is 29.8 Å². The van der Waals surface area contributed by atoms with Crippen LogP contribution in [0.25, 0.3) is 0 Å². The molecule has 2 rings (SSSR count). The zero-order chi connectivity index (χ0) is 19.3. The van der Waals surface area contributed by atoms with Gasteiger partial charge in [-0.15, -0.1) is 0 Å². The van der Waals surface area contributed by atoms with Crippen molar-refractivity contribution in [2.45, 2.75) is 25.7 Å². The van der Waals surface area contributed by atoms with Crippen LogP contribution in [0.15, 0.2) is 40.3 Å². The van der Waals surface area contributed by atoms with E-state index < -0.39 is 10.0 Å². The number of halogens is 1. The van der Waals surface area contributed by atoms with Gasteiger partial charge in [0.2, 0.25) is 0 Å². The average Bonchev–Trinajstić information content (AvgIpc) is 2.59. The highest BCUT2D eigenvalue weighted by atomic mass is 35.5. The Morgan fingerprint density at radius 3 is 2.54 bits per heavy atom. The molecule has 0 aromatic heterocycles. The Hall–Kier alpha value is -2.25. The van der Waals surface area contributed by atoms with E-state index >= 15 is 0 Å². The summed E-state index contributed by atoms with van der Waals surface area (Å²) in [5.74, 6) is 0.877. The van der Waals surface area contributed by atoms with E-state index in [1.54, 1.807) is 24.3 Å². The maximum absolute atomic E-state index is 12.3. The van der Waals surface area contributed by atoms with Crippen LogP contribution in [-0.2, 0) is 10.0 Å². The van der Waals surface area contributed by atoms with Crippen LogP contribution in [-0.4, -0.2) is 28.3 Å². The number of rotatable bonds is 7. The van der Waals surface area contributed by atoms with Crippen molar-refractivity contribution in [1.82, 2.24) is 4.83 Å². The van der Waals surface area contributed by atoms with Crippen molar-refractivity contribution in [3.05, 3.63) is 52.0 Å². The minimum Gasteiger partial charge on any atom is -0.493 e. The van der Waals surface area contributed by atoms with Crippen LogP contribution in [0.3, 0.4) is 0 Å². The van der Waals surface area contributed by atoms with Gasteiger partial charge >= 0.3 is 0 Å². The molecule has 0 heterocycles. The SMILES string of the molecule is CCOc1c(Cl)cc(/C=N/NS(=O)(=O)c2ccc(C)c(C)c2)cc1OC. The van der Waals surface area contributed by atoms with Gasteiger partial charge in [0.25, 0.3) is 10.0 Å². The number of nitrogens with one attached hydrogen (secondary N) is 1. The quantitative estimate of drug-likeness (QED) is 0.572. The Labute approximate surface area is 158 Å². The van der Waals surface area contributed by atoms with E-state index in [0.29, 0.717) is 28.7 Å². The predicted octanol–water partition coefficient (Wildman–Crippen LogP) is 3.68. The minimum atomic E-state index is -3.75. The summed E-state index contributed by atoms with van der Waals surface area (Å²) in [5.41, 5.74) is 2.47. The summed E-state index contributed by atoms with van der Waals surface area (Å²) in [7, 11) is -2.25. The van der Waals surface area contributed by atoms with E-state index in [-0.39, 0.29) is 4.90 Å². The highest BCUT2D eigenvalue weighted by Crippen LogP contribution is 2.35. The summed E-state index contributed by atoms with van der Waals surface area (Å²) in [6.07, 6.45) is 1.35. The normalized spacial score (nSPS) is 11.6. The predicted molar refractivity (Wildman–Crippen MR) is 103 cm³/mol. The minimum absolute atomic E-state index is 0.153. The first kappa shape index (κ1) is 20.1. The molecule has 0 unspecified atom stereocenters. The maximum atomic E-state index is 12.3. The third-order valence-corrected chi connectivity index (χ3v) is 5.22. The number of benzene rings is 2. The molecule has 2 aromatic rings. The second-order valence-electron chi connectivity index (χ2n) is 5.57. The number of hydrazone groups is 1. The second-order valence-corrected chi connectivity index (χ2v) is 7.63. The number of aryl methyl sites for hydroxylation is 2. The van der Waals surface area contributed by atoms with Crippen molar-refractivity contribution in [2.24, 2.45) is 5.10 Å². The number of hydrogen-bond acceptors (Lipinski definition) is 5. The molecule has 0 amide bonds. The van der Waals surface area contributed by atoms with Crippen LogP contribution in [0, 0.1) is 13.8 Å². The van der Waals surface area contributed by atoms with Crippen molar-refractivity contribution in [3.63, 3.8) is 0 Å². The van der Waals surface area contributed by atoms with Crippen molar-refractivity contribution < 1.29 is 17.9 Å². The Balaban J connectivity index is 2.21. The average molecular weight is 397 g/mol. The lowest BCUT2D eigenvalue weighted by Gasteiger charge is -2.11. The van der Waals surface area contributed by atoms with Crippen LogP contribution >= 0.6 is 11.6 Å². The lowest BCUT2D eigenvalue weighted by Crippen LogP contribution is -2.18. The molecule has 0 aliphatic heterocycles. The summed E-state index contributed by atoms with van der Waals surface area (Å²) < 4.78 is 35.3. The molecule has 0 spiro atoms. The van der Waals surface area contributed by atoms with E-state index in [4.69, 9.17) is 21.1 Å². The van der Waals surface area contributed by atoms with Gasteiger partial charge in [-0.25, -0.2) is 4.83 Å². The van der Waals surface area contributed by atoms with Crippen LogP contribution < -0.4 is 14.3 Å². The molecule has 6 nitrogen and oxygen atoms in total. The molecule has 0 aliphatic rings. The molecule has 0 radical (unpaired) electrons. The number of methoxy groups -OCH3 is 1. The largest absolute Gasteiger partial charge is 0.493 e. The van der Waals surface area contributed by atoms with E-state index in [1.807, 2.05) is 20.8 Å². The van der Waals surface area contributed by atoms with Gasteiger partial charge in [-0.2, -0.15) is 13.5 Å². The lowest BCUT2D eigenvalue weighted by atomic mass is 10.1. The van der Waals surface area contributed by atoms with Gasteiger partial charge in [0, 0.05) is 0 Å². The highest BCUT2D eigenvalue weighted by Gasteiger charge is 2.14. The molecule has 1 N–H and O–H groups in total. The van der Waals surface area contributed by atoms with Gasteiger partial charge in [0.1, 0.15) is 0 Å². The zero-order valence-corrected chi connectivity index (χ0v) is 16.6. The summed E-state index contributed by atoms with van der Waals surface area (Å²) >= 11 is 6.18. The van der Waals surface area contributed by atoms with Crippen LogP contribution in [0.1, 0.15) is 23.6 Å². The molecule has 0 saturated carbocycles. The Kier molecular flexibility index (Phi) is 6.50. The number of hydrogen-bond donors (Lipinski definition) is 1. The van der Waals surface area contributed by atoms with E-state index in [9.17, 15) is 8.42 Å². The number of nitrogens with zero attached hydrogens (tertiary/aromatic N) is 1. The fourth-order valence-electron chi connectivity index (χ4n) is 2.20. The summed E-state index contributed by atoms with van der Waals surface area (Å²) in [5, 5.41) is 4.17. The molecule has 0 aliphatic carbocycles. The zero-order valence-electron chi connectivity index (χ0n) is 15.0. The smallest absolute Gasteiger partial charge is 0.276 e. The fraction of sp³-hybridized carbons (Fsp3) is 0.278. The van der Waals surface area contributed by atoms with Crippen LogP contribution in [0.4, 0.5) is 0 Å². The maximum Gasteiger partial charge on any atom is 0.276 e.